The van der Waals surface area contributed by atoms with E-state index in [9.17, 15) is 14.0 Å². The molecule has 1 unspecified atom stereocenters. The smallest absolute Gasteiger partial charge is 0.268 e. The Kier molecular flexibility index (Phi) is 4.97. The molecule has 5 nitrogen and oxygen atoms in total. The summed E-state index contributed by atoms with van der Waals surface area (Å²) in [6.45, 7) is 1.86. The van der Waals surface area contributed by atoms with Gasteiger partial charge < -0.3 is 10.1 Å². The molecule has 1 aliphatic heterocycles. The average molecular weight is 342 g/mol. The van der Waals surface area contributed by atoms with Gasteiger partial charge in [0.05, 0.1) is 5.69 Å². The van der Waals surface area contributed by atoms with Crippen molar-refractivity contribution in [3.63, 3.8) is 0 Å². The lowest BCUT2D eigenvalue weighted by Crippen LogP contribution is -2.49. The highest BCUT2D eigenvalue weighted by Gasteiger charge is 2.32. The molecule has 1 heterocycles. The van der Waals surface area contributed by atoms with Crippen LogP contribution in [0.3, 0.4) is 0 Å². The van der Waals surface area contributed by atoms with Crippen molar-refractivity contribution >= 4 is 17.5 Å². The van der Waals surface area contributed by atoms with Crippen molar-refractivity contribution < 1.29 is 18.7 Å². The van der Waals surface area contributed by atoms with Crippen molar-refractivity contribution in [3.8, 4) is 5.75 Å². The summed E-state index contributed by atoms with van der Waals surface area (Å²) in [6, 6.07) is 13.6. The summed E-state index contributed by atoms with van der Waals surface area (Å²) in [5.41, 5.74) is 1.12. The minimum atomic E-state index is -0.638. The topological polar surface area (TPSA) is 58.6 Å². The summed E-state index contributed by atoms with van der Waals surface area (Å²) in [6.07, 6.45) is -0.247. The summed E-state index contributed by atoms with van der Waals surface area (Å²) in [7, 11) is 0. The summed E-state index contributed by atoms with van der Waals surface area (Å²) < 4.78 is 19.1. The van der Waals surface area contributed by atoms with Crippen LogP contribution in [0.1, 0.15) is 12.5 Å². The molecule has 1 N–H and O–H groups in total. The number of nitrogens with zero attached hydrogens (tertiary/aromatic N) is 1. The first-order valence-corrected chi connectivity index (χ1v) is 8.13. The number of hydrogen-bond donors (Lipinski definition) is 1. The summed E-state index contributed by atoms with van der Waals surface area (Å²) in [4.78, 5) is 26.0. The highest BCUT2D eigenvalue weighted by molar-refractivity contribution is 6.03. The fourth-order valence-electron chi connectivity index (χ4n) is 2.76. The molecule has 0 aromatic heterocycles. The van der Waals surface area contributed by atoms with E-state index in [2.05, 4.69) is 5.32 Å². The van der Waals surface area contributed by atoms with E-state index in [4.69, 9.17) is 4.74 Å². The first kappa shape index (κ1) is 17.0. The quantitative estimate of drug-likeness (QED) is 0.907. The maximum Gasteiger partial charge on any atom is 0.268 e. The Morgan fingerprint density at radius 3 is 2.72 bits per heavy atom. The van der Waals surface area contributed by atoms with Gasteiger partial charge in [0.1, 0.15) is 18.1 Å². The SMILES string of the molecule is CC1Oc2ccccc2N(CC(=O)NCCc2ccccc2F)C1=O. The van der Waals surface area contributed by atoms with Crippen LogP contribution < -0.4 is 15.0 Å². The number of benzene rings is 2. The second-order valence-electron chi connectivity index (χ2n) is 5.84. The van der Waals surface area contributed by atoms with Gasteiger partial charge >= 0.3 is 0 Å². The Balaban J connectivity index is 1.61. The number of carbonyl (C=O) groups is 2. The van der Waals surface area contributed by atoms with Gasteiger partial charge in [-0.05, 0) is 37.1 Å². The summed E-state index contributed by atoms with van der Waals surface area (Å²) >= 11 is 0. The zero-order chi connectivity index (χ0) is 17.8. The van der Waals surface area contributed by atoms with E-state index < -0.39 is 6.10 Å². The van der Waals surface area contributed by atoms with Crippen LogP contribution in [-0.4, -0.2) is 31.0 Å². The number of fused-ring (bicyclic) bond motifs is 1. The minimum Gasteiger partial charge on any atom is -0.479 e. The number of para-hydroxylation sites is 2. The first-order chi connectivity index (χ1) is 12.1. The van der Waals surface area contributed by atoms with Crippen LogP contribution in [0, 0.1) is 5.82 Å². The highest BCUT2D eigenvalue weighted by Crippen LogP contribution is 2.33. The van der Waals surface area contributed by atoms with Gasteiger partial charge in [0.15, 0.2) is 6.10 Å². The fourth-order valence-corrected chi connectivity index (χ4v) is 2.76. The van der Waals surface area contributed by atoms with Crippen LogP contribution in [-0.2, 0) is 16.0 Å². The van der Waals surface area contributed by atoms with Gasteiger partial charge in [-0.25, -0.2) is 4.39 Å². The number of hydrogen-bond acceptors (Lipinski definition) is 3. The minimum absolute atomic E-state index is 0.0964. The molecule has 0 aliphatic carbocycles. The molecule has 1 aliphatic rings. The van der Waals surface area contributed by atoms with Crippen LogP contribution in [0.5, 0.6) is 5.75 Å². The average Bonchev–Trinajstić information content (AvgIpc) is 2.60. The van der Waals surface area contributed by atoms with Crippen LogP contribution in [0.25, 0.3) is 0 Å². The van der Waals surface area contributed by atoms with E-state index in [1.807, 2.05) is 6.07 Å². The Morgan fingerprint density at radius 2 is 1.92 bits per heavy atom. The summed E-state index contributed by atoms with van der Waals surface area (Å²) in [5.74, 6) is -0.270. The summed E-state index contributed by atoms with van der Waals surface area (Å²) in [5, 5.41) is 2.73. The zero-order valence-electron chi connectivity index (χ0n) is 13.9. The first-order valence-electron chi connectivity index (χ1n) is 8.13. The molecule has 0 radical (unpaired) electrons. The Bertz CT molecular complexity index is 794. The third-order valence-electron chi connectivity index (χ3n) is 4.05. The van der Waals surface area contributed by atoms with Crippen molar-refractivity contribution in [1.29, 1.82) is 0 Å². The molecule has 2 amide bonds. The number of anilines is 1. The van der Waals surface area contributed by atoms with Crippen LogP contribution in [0.4, 0.5) is 10.1 Å². The van der Waals surface area contributed by atoms with Gasteiger partial charge in [0.25, 0.3) is 5.91 Å². The molecule has 0 bridgehead atoms. The number of nitrogens with one attached hydrogen (secondary N) is 1. The highest BCUT2D eigenvalue weighted by atomic mass is 19.1. The van der Waals surface area contributed by atoms with Gasteiger partial charge in [0.2, 0.25) is 5.91 Å². The largest absolute Gasteiger partial charge is 0.479 e. The Morgan fingerprint density at radius 1 is 1.20 bits per heavy atom. The van der Waals surface area contributed by atoms with E-state index >= 15 is 0 Å². The molecule has 25 heavy (non-hydrogen) atoms. The van der Waals surface area contributed by atoms with E-state index in [1.165, 1.54) is 11.0 Å². The number of carbonyl (C=O) groups excluding carboxylic acids is 2. The van der Waals surface area contributed by atoms with E-state index in [0.29, 0.717) is 30.0 Å². The molecule has 3 rings (SSSR count). The molecule has 2 aromatic rings. The molecule has 0 saturated heterocycles. The Labute approximate surface area is 145 Å². The molecular weight excluding hydrogens is 323 g/mol. The number of amides is 2. The molecular formula is C19H19FN2O3. The van der Waals surface area contributed by atoms with Crippen molar-refractivity contribution in [2.45, 2.75) is 19.4 Å². The van der Waals surface area contributed by atoms with E-state index in [1.54, 1.807) is 43.3 Å². The van der Waals surface area contributed by atoms with Gasteiger partial charge in [-0.3, -0.25) is 14.5 Å². The van der Waals surface area contributed by atoms with Gasteiger partial charge in [-0.1, -0.05) is 30.3 Å². The molecule has 0 spiro atoms. The van der Waals surface area contributed by atoms with Gasteiger partial charge in [-0.2, -0.15) is 0 Å². The predicted octanol–water partition coefficient (Wildman–Crippen LogP) is 2.30. The lowest BCUT2D eigenvalue weighted by atomic mass is 10.1. The predicted molar refractivity (Wildman–Crippen MR) is 92.0 cm³/mol. The zero-order valence-corrected chi connectivity index (χ0v) is 13.9. The normalized spacial score (nSPS) is 16.2. The maximum absolute atomic E-state index is 13.6. The third-order valence-corrected chi connectivity index (χ3v) is 4.05. The molecule has 1 atom stereocenters. The molecule has 6 heteroatoms. The second kappa shape index (κ2) is 7.34. The second-order valence-corrected chi connectivity index (χ2v) is 5.84. The van der Waals surface area contributed by atoms with Crippen LogP contribution >= 0.6 is 0 Å². The molecule has 0 fully saturated rings. The molecule has 2 aromatic carbocycles. The number of rotatable bonds is 5. The molecule has 130 valence electrons. The third kappa shape index (κ3) is 3.79. The van der Waals surface area contributed by atoms with Crippen molar-refractivity contribution in [1.82, 2.24) is 5.32 Å². The molecule has 0 saturated carbocycles. The fraction of sp³-hybridized carbons (Fsp3) is 0.263. The lowest BCUT2D eigenvalue weighted by molar-refractivity contribution is -0.128. The van der Waals surface area contributed by atoms with Crippen LogP contribution in [0.2, 0.25) is 0 Å². The maximum atomic E-state index is 13.6. The van der Waals surface area contributed by atoms with Gasteiger partial charge in [-0.15, -0.1) is 0 Å². The van der Waals surface area contributed by atoms with Gasteiger partial charge in [0, 0.05) is 6.54 Å². The lowest BCUT2D eigenvalue weighted by Gasteiger charge is -2.32. The standard InChI is InChI=1S/C19H19FN2O3/c1-13-19(24)22(16-8-4-5-9-17(16)25-13)12-18(23)21-11-10-14-6-2-3-7-15(14)20/h2-9,13H,10-12H2,1H3,(H,21,23). The van der Waals surface area contributed by atoms with Crippen molar-refractivity contribution in [3.05, 3.63) is 59.9 Å². The van der Waals surface area contributed by atoms with Crippen molar-refractivity contribution in [2.24, 2.45) is 0 Å². The number of halogens is 1. The van der Waals surface area contributed by atoms with Crippen LogP contribution in [0.15, 0.2) is 48.5 Å². The van der Waals surface area contributed by atoms with E-state index in [-0.39, 0.29) is 24.2 Å². The monoisotopic (exact) mass is 342 g/mol. The van der Waals surface area contributed by atoms with E-state index in [0.717, 1.165) is 0 Å². The van der Waals surface area contributed by atoms with Crippen molar-refractivity contribution in [2.75, 3.05) is 18.0 Å². The number of ether oxygens (including phenoxy) is 1. The Hall–Kier alpha value is -2.89.